The first-order valence-corrected chi connectivity index (χ1v) is 7.12. The Bertz CT molecular complexity index is 136. The molecule has 1 N–H and O–H groups in total. The van der Waals surface area contributed by atoms with Gasteiger partial charge in [0.05, 0.1) is 0 Å². The van der Waals surface area contributed by atoms with E-state index in [-0.39, 0.29) is 38.5 Å². The molecule has 19 heavy (non-hydrogen) atoms. The molecule has 2 aliphatic rings. The summed E-state index contributed by atoms with van der Waals surface area (Å²) in [7, 11) is 0. The molecule has 0 bridgehead atoms. The van der Waals surface area contributed by atoms with E-state index in [2.05, 4.69) is 0 Å². The first-order chi connectivity index (χ1) is 7.93. The maximum absolute atomic E-state index is 8.48. The first-order valence-electron chi connectivity index (χ1n) is 7.12. The molecule has 0 aromatic carbocycles. The monoisotopic (exact) mass is 314 g/mol. The largest absolute Gasteiger partial charge is 2.00 e. The van der Waals surface area contributed by atoms with Gasteiger partial charge in [0.2, 0.25) is 0 Å². The van der Waals surface area contributed by atoms with Crippen LogP contribution in [0, 0.1) is 20.8 Å². The zero-order valence-electron chi connectivity index (χ0n) is 13.0. The number of aliphatic hydroxyl groups is 1. The SMILES string of the molecule is C1CCCC1.OCCCOCC1CCCC1.[CH3-].[CH3-].[Fe+2]. The van der Waals surface area contributed by atoms with Crippen molar-refractivity contribution < 1.29 is 26.9 Å². The van der Waals surface area contributed by atoms with Gasteiger partial charge in [-0.1, -0.05) is 44.9 Å². The average molecular weight is 314 g/mol. The number of aliphatic hydroxyl groups excluding tert-OH is 1. The van der Waals surface area contributed by atoms with E-state index in [9.17, 15) is 0 Å². The average Bonchev–Trinajstić information content (AvgIpc) is 2.99. The Morgan fingerprint density at radius 2 is 1.32 bits per heavy atom. The van der Waals surface area contributed by atoms with Crippen molar-refractivity contribution in [1.29, 1.82) is 0 Å². The van der Waals surface area contributed by atoms with Crippen molar-refractivity contribution >= 4 is 0 Å². The number of ether oxygens (including phenoxy) is 1. The Labute approximate surface area is 132 Å². The molecule has 2 rings (SSSR count). The van der Waals surface area contributed by atoms with Crippen molar-refractivity contribution in [2.45, 2.75) is 64.2 Å². The van der Waals surface area contributed by atoms with Crippen LogP contribution in [0.4, 0.5) is 0 Å². The molecule has 0 heterocycles. The topological polar surface area (TPSA) is 29.5 Å². The predicted octanol–water partition coefficient (Wildman–Crippen LogP) is 4.42. The molecule has 2 nitrogen and oxygen atoms in total. The molecule has 2 saturated carbocycles. The maximum atomic E-state index is 8.48. The van der Waals surface area contributed by atoms with Gasteiger partial charge in [-0.2, -0.15) is 0 Å². The molecule has 0 spiro atoms. The van der Waals surface area contributed by atoms with E-state index in [1.54, 1.807) is 0 Å². The molecule has 118 valence electrons. The van der Waals surface area contributed by atoms with Crippen molar-refractivity contribution in [3.8, 4) is 0 Å². The van der Waals surface area contributed by atoms with Crippen molar-refractivity contribution in [1.82, 2.24) is 0 Å². The molecule has 2 aliphatic carbocycles. The molecule has 0 amide bonds. The van der Waals surface area contributed by atoms with Crippen molar-refractivity contribution in [3.63, 3.8) is 0 Å². The third-order valence-corrected chi connectivity index (χ3v) is 3.53. The van der Waals surface area contributed by atoms with Crippen LogP contribution >= 0.6 is 0 Å². The van der Waals surface area contributed by atoms with Crippen LogP contribution in [0.15, 0.2) is 0 Å². The van der Waals surface area contributed by atoms with Gasteiger partial charge < -0.3 is 24.7 Å². The minimum atomic E-state index is 0. The van der Waals surface area contributed by atoms with E-state index < -0.39 is 0 Å². The second-order valence-corrected chi connectivity index (χ2v) is 5.07. The van der Waals surface area contributed by atoms with E-state index in [0.717, 1.165) is 25.6 Å². The Morgan fingerprint density at radius 3 is 1.74 bits per heavy atom. The van der Waals surface area contributed by atoms with E-state index in [0.29, 0.717) is 0 Å². The van der Waals surface area contributed by atoms with Crippen LogP contribution in [0.1, 0.15) is 64.2 Å². The maximum Gasteiger partial charge on any atom is 2.00 e. The van der Waals surface area contributed by atoms with Gasteiger partial charge in [0, 0.05) is 19.8 Å². The summed E-state index contributed by atoms with van der Waals surface area (Å²) in [5.74, 6) is 0.814. The Morgan fingerprint density at radius 1 is 0.842 bits per heavy atom. The van der Waals surface area contributed by atoms with E-state index in [1.165, 1.54) is 57.8 Å². The van der Waals surface area contributed by atoms with Crippen LogP contribution in [0.25, 0.3) is 0 Å². The number of hydrogen-bond donors (Lipinski definition) is 1. The predicted molar refractivity (Wildman–Crippen MR) is 80.4 cm³/mol. The molecule has 0 aromatic rings. The van der Waals surface area contributed by atoms with Gasteiger partial charge in [-0.3, -0.25) is 0 Å². The molecular weight excluding hydrogens is 280 g/mol. The Kier molecular flexibility index (Phi) is 23.7. The minimum Gasteiger partial charge on any atom is -0.396 e. The van der Waals surface area contributed by atoms with Crippen LogP contribution < -0.4 is 0 Å². The molecule has 0 aliphatic heterocycles. The van der Waals surface area contributed by atoms with Gasteiger partial charge in [0.15, 0.2) is 0 Å². The van der Waals surface area contributed by atoms with Gasteiger partial charge in [-0.15, -0.1) is 0 Å². The van der Waals surface area contributed by atoms with Gasteiger partial charge >= 0.3 is 17.1 Å². The smallest absolute Gasteiger partial charge is 0.396 e. The zero-order chi connectivity index (χ0) is 11.5. The minimum absolute atomic E-state index is 0. The van der Waals surface area contributed by atoms with E-state index in [1.807, 2.05) is 0 Å². The number of hydrogen-bond acceptors (Lipinski definition) is 2. The summed E-state index contributed by atoms with van der Waals surface area (Å²) in [5, 5.41) is 8.48. The fourth-order valence-electron chi connectivity index (χ4n) is 2.48. The van der Waals surface area contributed by atoms with Crippen LogP contribution in [0.3, 0.4) is 0 Å². The quantitative estimate of drug-likeness (QED) is 0.462. The molecule has 0 radical (unpaired) electrons. The van der Waals surface area contributed by atoms with Gasteiger partial charge in [-0.25, -0.2) is 0 Å². The van der Waals surface area contributed by atoms with Crippen molar-refractivity contribution in [3.05, 3.63) is 14.9 Å². The third kappa shape index (κ3) is 14.7. The fraction of sp³-hybridized carbons (Fsp3) is 0.875. The van der Waals surface area contributed by atoms with Crippen molar-refractivity contribution in [2.24, 2.45) is 5.92 Å². The van der Waals surface area contributed by atoms with E-state index in [4.69, 9.17) is 9.84 Å². The number of rotatable bonds is 5. The molecule has 0 unspecified atom stereocenters. The molecule has 0 aromatic heterocycles. The summed E-state index contributed by atoms with van der Waals surface area (Å²) in [6.07, 6.45) is 13.7. The second-order valence-electron chi connectivity index (χ2n) is 5.07. The van der Waals surface area contributed by atoms with Crippen LogP contribution in [-0.2, 0) is 21.8 Å². The van der Waals surface area contributed by atoms with Crippen LogP contribution in [0.5, 0.6) is 0 Å². The summed E-state index contributed by atoms with van der Waals surface area (Å²) >= 11 is 0. The molecule has 0 atom stereocenters. The summed E-state index contributed by atoms with van der Waals surface area (Å²) in [6.45, 7) is 1.90. The molecule has 0 saturated heterocycles. The molecular formula is C16H34FeO2. The second kappa shape index (κ2) is 18.4. The fourth-order valence-corrected chi connectivity index (χ4v) is 2.48. The molecule has 2 fully saturated rings. The van der Waals surface area contributed by atoms with Gasteiger partial charge in [-0.05, 0) is 25.2 Å². The first kappa shape index (κ1) is 24.5. The summed E-state index contributed by atoms with van der Waals surface area (Å²) in [4.78, 5) is 0. The summed E-state index contributed by atoms with van der Waals surface area (Å²) in [5.41, 5.74) is 0. The summed E-state index contributed by atoms with van der Waals surface area (Å²) in [6, 6.07) is 0. The van der Waals surface area contributed by atoms with Gasteiger partial charge in [0.25, 0.3) is 0 Å². The molecule has 3 heteroatoms. The zero-order valence-corrected chi connectivity index (χ0v) is 14.1. The van der Waals surface area contributed by atoms with Crippen LogP contribution in [-0.4, -0.2) is 24.9 Å². The van der Waals surface area contributed by atoms with Gasteiger partial charge in [0.1, 0.15) is 0 Å². The standard InChI is InChI=1S/C9H18O2.C5H10.2CH3.Fe/c10-6-3-7-11-8-9-4-1-2-5-9;1-2-4-5-3-1;;;/h9-10H,1-8H2;1-5H2;2*1H3;/q;;2*-1;+2. The van der Waals surface area contributed by atoms with Crippen molar-refractivity contribution in [2.75, 3.05) is 19.8 Å². The Balaban J connectivity index is -0.000000277. The summed E-state index contributed by atoms with van der Waals surface area (Å²) < 4.78 is 5.40. The van der Waals surface area contributed by atoms with Crippen LogP contribution in [0.2, 0.25) is 0 Å². The van der Waals surface area contributed by atoms with E-state index >= 15 is 0 Å². The third-order valence-electron chi connectivity index (χ3n) is 3.53. The normalized spacial score (nSPS) is 17.5. The Hall–Kier alpha value is 0.439.